The van der Waals surface area contributed by atoms with Gasteiger partial charge in [-0.15, -0.1) is 22.7 Å². The number of amides is 1. The normalized spacial score (nSPS) is 10.9. The quantitative estimate of drug-likeness (QED) is 0.0666. The molecular formula is C53H42Cl4N4O7S2. The highest BCUT2D eigenvalue weighted by Gasteiger charge is 2.19. The van der Waals surface area contributed by atoms with Crippen LogP contribution in [0.25, 0.3) is 65.9 Å². The number of thiazole rings is 2. The lowest BCUT2D eigenvalue weighted by Gasteiger charge is -2.13. The van der Waals surface area contributed by atoms with Gasteiger partial charge in [0, 0.05) is 45.1 Å². The van der Waals surface area contributed by atoms with Crippen molar-refractivity contribution in [1.82, 2.24) is 20.2 Å². The number of esters is 1. The minimum absolute atomic E-state index is 0.147. The van der Waals surface area contributed by atoms with Crippen molar-refractivity contribution >= 4 is 92.9 Å². The first kappa shape index (κ1) is 51.4. The van der Waals surface area contributed by atoms with Gasteiger partial charge < -0.3 is 25.2 Å². The van der Waals surface area contributed by atoms with Gasteiger partial charge in [-0.2, -0.15) is 0 Å². The fraction of sp³-hybridized carbons (Fsp3) is 0.132. The molecule has 0 atom stereocenters. The molecule has 3 N–H and O–H groups in total. The van der Waals surface area contributed by atoms with E-state index in [4.69, 9.17) is 56.2 Å². The molecule has 8 rings (SSSR count). The Morgan fingerprint density at radius 2 is 1.04 bits per heavy atom. The second-order valence-corrected chi connectivity index (χ2v) is 19.0. The number of carbonyl (C=O) groups excluding carboxylic acids is 2. The summed E-state index contributed by atoms with van der Waals surface area (Å²) < 4.78 is 4.97. The molecule has 2 heterocycles. The summed E-state index contributed by atoms with van der Waals surface area (Å²) >= 11 is 27.1. The Bertz CT molecular complexity index is 3210. The van der Waals surface area contributed by atoms with Crippen LogP contribution in [0.1, 0.15) is 54.8 Å². The Morgan fingerprint density at radius 1 is 0.586 bits per heavy atom. The molecule has 6 aromatic carbocycles. The number of hydrogen-bond donors (Lipinski definition) is 3. The zero-order chi connectivity index (χ0) is 50.1. The van der Waals surface area contributed by atoms with E-state index in [-0.39, 0.29) is 17.0 Å². The Morgan fingerprint density at radius 3 is 1.50 bits per heavy atom. The maximum atomic E-state index is 12.5. The first-order valence-electron chi connectivity index (χ1n) is 21.5. The number of carboxylic acids is 2. The largest absolute Gasteiger partial charge is 0.478 e. The Hall–Kier alpha value is -6.42. The van der Waals surface area contributed by atoms with Crippen molar-refractivity contribution in [2.24, 2.45) is 0 Å². The third-order valence-electron chi connectivity index (χ3n) is 11.1. The predicted molar refractivity (Wildman–Crippen MR) is 282 cm³/mol. The number of methoxy groups -OCH3 is 1. The molecule has 2 aromatic heterocycles. The van der Waals surface area contributed by atoms with Crippen LogP contribution in [0.4, 0.5) is 0 Å². The van der Waals surface area contributed by atoms with Gasteiger partial charge in [0.25, 0.3) is 5.91 Å². The monoisotopic (exact) mass is 1050 g/mol. The maximum absolute atomic E-state index is 12.5. The molecule has 11 nitrogen and oxygen atoms in total. The molecule has 17 heteroatoms. The molecule has 0 spiro atoms. The van der Waals surface area contributed by atoms with Gasteiger partial charge in [0.05, 0.1) is 55.3 Å². The van der Waals surface area contributed by atoms with Crippen molar-refractivity contribution in [3.05, 3.63) is 174 Å². The Kier molecular flexibility index (Phi) is 17.2. The molecule has 0 radical (unpaired) electrons. The molecule has 1 amide bonds. The van der Waals surface area contributed by atoms with Crippen LogP contribution in [0.15, 0.2) is 132 Å². The number of nitrogens with zero attached hydrogens (tertiary/aromatic N) is 3. The molecule has 0 bridgehead atoms. The first-order chi connectivity index (χ1) is 33.6. The van der Waals surface area contributed by atoms with E-state index in [0.717, 1.165) is 52.6 Å². The minimum Gasteiger partial charge on any atom is -0.478 e. The number of ether oxygens (including phenoxy) is 1. The van der Waals surface area contributed by atoms with Crippen LogP contribution in [-0.2, 0) is 4.74 Å². The fourth-order valence-electron chi connectivity index (χ4n) is 7.11. The summed E-state index contributed by atoms with van der Waals surface area (Å²) in [5.74, 6) is -2.69. The van der Waals surface area contributed by atoms with Gasteiger partial charge in [-0.3, -0.25) is 4.79 Å². The van der Waals surface area contributed by atoms with Crippen molar-refractivity contribution in [2.45, 2.75) is 13.3 Å². The van der Waals surface area contributed by atoms with Crippen molar-refractivity contribution < 1.29 is 34.1 Å². The van der Waals surface area contributed by atoms with E-state index in [1.807, 2.05) is 42.1 Å². The zero-order valence-corrected chi connectivity index (χ0v) is 42.3. The Labute approximate surface area is 431 Å². The average molecular weight is 1050 g/mol. The van der Waals surface area contributed by atoms with Gasteiger partial charge in [0.1, 0.15) is 10.0 Å². The second-order valence-electron chi connectivity index (χ2n) is 15.6. The van der Waals surface area contributed by atoms with Crippen LogP contribution in [0.5, 0.6) is 0 Å². The molecule has 8 aromatic rings. The lowest BCUT2D eigenvalue weighted by molar-refractivity contribution is 0.0599. The number of hydrogen-bond acceptors (Lipinski definition) is 10. The lowest BCUT2D eigenvalue weighted by atomic mass is 9.96. The third kappa shape index (κ3) is 12.5. The number of nitrogens with one attached hydrogen (secondary N) is 1. The van der Waals surface area contributed by atoms with Crippen LogP contribution in [0.2, 0.25) is 20.1 Å². The summed E-state index contributed by atoms with van der Waals surface area (Å²) in [5.41, 5.74) is 8.45. The standard InChI is InChI=1S/C29H27Cl2N3O3S.C24H15Cl2NO4S/c1-3-34(2)14-4-13-32-27(35)19-7-5-18(6-8-19)22-11-9-21(15-23(22)29(36)37)28-33-26(17-38-28)20-10-12-24(30)25(31)16-20;1-31-24(30)18-10-16(6-8-17(18)13-2-4-14(5-3-13)23(28)29)22-27-21(12-32-22)15-7-9-19(25)20(26)11-15/h5-12,15-17H,3-4,13-14H2,1-2H3,(H,32,35)(H,36,37);2-12H,1H3,(H,28,29). The van der Waals surface area contributed by atoms with Gasteiger partial charge in [-0.1, -0.05) is 114 Å². The summed E-state index contributed by atoms with van der Waals surface area (Å²) in [6, 6.07) is 34.6. The minimum atomic E-state index is -1.04. The van der Waals surface area contributed by atoms with E-state index in [0.29, 0.717) is 70.6 Å². The van der Waals surface area contributed by atoms with Crippen LogP contribution in [-0.4, -0.2) is 82.7 Å². The zero-order valence-electron chi connectivity index (χ0n) is 37.6. The van der Waals surface area contributed by atoms with Gasteiger partial charge in [0.2, 0.25) is 0 Å². The van der Waals surface area contributed by atoms with Gasteiger partial charge >= 0.3 is 17.9 Å². The van der Waals surface area contributed by atoms with Crippen molar-refractivity contribution in [3.63, 3.8) is 0 Å². The molecule has 0 fully saturated rings. The smallest absolute Gasteiger partial charge is 0.338 e. The van der Waals surface area contributed by atoms with E-state index < -0.39 is 17.9 Å². The summed E-state index contributed by atoms with van der Waals surface area (Å²) in [6.45, 7) is 4.58. The number of aromatic carboxylic acids is 2. The number of benzene rings is 6. The van der Waals surface area contributed by atoms with E-state index in [2.05, 4.69) is 27.1 Å². The molecule has 70 heavy (non-hydrogen) atoms. The van der Waals surface area contributed by atoms with Crippen molar-refractivity contribution in [2.75, 3.05) is 33.8 Å². The number of carboxylic acid groups (broad SMARTS) is 2. The Balaban J connectivity index is 0.000000209. The second kappa shape index (κ2) is 23.5. The molecule has 0 aliphatic rings. The fourth-order valence-corrected chi connectivity index (χ4v) is 9.36. The van der Waals surface area contributed by atoms with Crippen LogP contribution in [0.3, 0.4) is 0 Å². The molecule has 356 valence electrons. The number of halogens is 4. The molecule has 0 aliphatic carbocycles. The highest BCUT2D eigenvalue weighted by Crippen LogP contribution is 2.37. The average Bonchev–Trinajstić information content (AvgIpc) is 4.08. The molecule has 0 saturated carbocycles. The van der Waals surface area contributed by atoms with Crippen LogP contribution in [0, 0.1) is 0 Å². The highest BCUT2D eigenvalue weighted by atomic mass is 35.5. The SMILES string of the molecule is CCN(C)CCCNC(=O)c1ccc(-c2ccc(-c3nc(-c4ccc(Cl)c(Cl)c4)cs3)cc2C(=O)O)cc1.COC(=O)c1cc(-c2nc(-c3ccc(Cl)c(Cl)c3)cs2)ccc1-c1ccc(C(=O)O)cc1. The maximum Gasteiger partial charge on any atom is 0.338 e. The lowest BCUT2D eigenvalue weighted by Crippen LogP contribution is -2.28. The molecule has 0 saturated heterocycles. The van der Waals surface area contributed by atoms with E-state index in [9.17, 15) is 24.3 Å². The van der Waals surface area contributed by atoms with Crippen LogP contribution < -0.4 is 5.32 Å². The van der Waals surface area contributed by atoms with E-state index in [1.165, 1.54) is 41.9 Å². The summed E-state index contributed by atoms with van der Waals surface area (Å²) in [5, 5.41) is 29.0. The van der Waals surface area contributed by atoms with E-state index >= 15 is 0 Å². The summed E-state index contributed by atoms with van der Waals surface area (Å²) in [6.07, 6.45) is 0.872. The van der Waals surface area contributed by atoms with E-state index in [1.54, 1.807) is 84.9 Å². The third-order valence-corrected chi connectivity index (χ3v) is 14.3. The topological polar surface area (TPSA) is 159 Å². The number of rotatable bonds is 15. The first-order valence-corrected chi connectivity index (χ1v) is 24.7. The van der Waals surface area contributed by atoms with Crippen molar-refractivity contribution in [3.8, 4) is 65.9 Å². The highest BCUT2D eigenvalue weighted by molar-refractivity contribution is 7.13. The summed E-state index contributed by atoms with van der Waals surface area (Å²) in [4.78, 5) is 59.8. The molecular weight excluding hydrogens is 1010 g/mol. The molecule has 0 unspecified atom stereocenters. The van der Waals surface area contributed by atoms with Gasteiger partial charge in [0.15, 0.2) is 0 Å². The number of carbonyl (C=O) groups is 4. The number of aromatic nitrogens is 2. The predicted octanol–water partition coefficient (Wildman–Crippen LogP) is 14.2. The van der Waals surface area contributed by atoms with Gasteiger partial charge in [-0.25, -0.2) is 24.4 Å². The molecule has 0 aliphatic heterocycles. The van der Waals surface area contributed by atoms with Gasteiger partial charge in [-0.05, 0) is 109 Å². The van der Waals surface area contributed by atoms with Crippen molar-refractivity contribution in [1.29, 1.82) is 0 Å². The summed E-state index contributed by atoms with van der Waals surface area (Å²) in [7, 11) is 3.36. The van der Waals surface area contributed by atoms with Crippen LogP contribution >= 0.6 is 69.1 Å².